The molecule has 0 amide bonds. The topological polar surface area (TPSA) is 69.9 Å². The van der Waals surface area contributed by atoms with Gasteiger partial charge in [0.15, 0.2) is 16.8 Å². The monoisotopic (exact) mass is 354 g/mol. The minimum absolute atomic E-state index is 0.0427. The van der Waals surface area contributed by atoms with Gasteiger partial charge in [0.1, 0.15) is 5.75 Å². The summed E-state index contributed by atoms with van der Waals surface area (Å²) in [4.78, 5) is 16.6. The Hall–Kier alpha value is -2.67. The van der Waals surface area contributed by atoms with Crippen LogP contribution in [-0.2, 0) is 7.05 Å². The lowest BCUT2D eigenvalue weighted by Crippen LogP contribution is -2.14. The van der Waals surface area contributed by atoms with Crippen molar-refractivity contribution < 1.29 is 9.53 Å². The summed E-state index contributed by atoms with van der Waals surface area (Å²) in [5.74, 6) is 1.52. The van der Waals surface area contributed by atoms with Gasteiger partial charge in [-0.05, 0) is 43.3 Å². The molecule has 3 aromatic rings. The van der Waals surface area contributed by atoms with E-state index in [2.05, 4.69) is 15.2 Å². The summed E-state index contributed by atoms with van der Waals surface area (Å²) in [6.45, 7) is 1.87. The zero-order chi connectivity index (χ0) is 17.8. The van der Waals surface area contributed by atoms with Gasteiger partial charge < -0.3 is 9.30 Å². The van der Waals surface area contributed by atoms with Crippen molar-refractivity contribution in [2.75, 3.05) is 7.11 Å². The molecule has 128 valence electrons. The average molecular weight is 354 g/mol. The molecule has 1 atom stereocenters. The molecular weight excluding hydrogens is 336 g/mol. The van der Waals surface area contributed by atoms with Gasteiger partial charge in [-0.1, -0.05) is 11.8 Å². The van der Waals surface area contributed by atoms with Crippen molar-refractivity contribution in [3.05, 3.63) is 54.4 Å². The Morgan fingerprint density at radius 2 is 1.80 bits per heavy atom. The second-order valence-electron chi connectivity index (χ2n) is 5.45. The highest BCUT2D eigenvalue weighted by Crippen LogP contribution is 2.27. The molecule has 2 heterocycles. The molecule has 25 heavy (non-hydrogen) atoms. The molecule has 0 radical (unpaired) electrons. The maximum Gasteiger partial charge on any atom is 0.191 e. The summed E-state index contributed by atoms with van der Waals surface area (Å²) in [6, 6.07) is 10.9. The van der Waals surface area contributed by atoms with E-state index < -0.39 is 0 Å². The molecule has 0 aliphatic rings. The van der Waals surface area contributed by atoms with Crippen LogP contribution in [0, 0.1) is 0 Å². The number of carbonyl (C=O) groups excluding carboxylic acids is 1. The Balaban J connectivity index is 1.75. The number of Topliss-reactive ketones (excluding diaryl/α,β-unsaturated/α-hetero) is 1. The van der Waals surface area contributed by atoms with Crippen LogP contribution in [-0.4, -0.2) is 37.9 Å². The summed E-state index contributed by atoms with van der Waals surface area (Å²) >= 11 is 1.39. The highest BCUT2D eigenvalue weighted by molar-refractivity contribution is 8.00. The van der Waals surface area contributed by atoms with E-state index in [1.54, 1.807) is 43.8 Å². The van der Waals surface area contributed by atoms with Crippen molar-refractivity contribution in [1.29, 1.82) is 0 Å². The lowest BCUT2D eigenvalue weighted by molar-refractivity contribution is 0.0994. The van der Waals surface area contributed by atoms with E-state index in [4.69, 9.17) is 4.74 Å². The number of hydrogen-bond acceptors (Lipinski definition) is 6. The van der Waals surface area contributed by atoms with Gasteiger partial charge in [-0.2, -0.15) is 0 Å². The molecular formula is C18H18N4O2S. The van der Waals surface area contributed by atoms with Crippen molar-refractivity contribution >= 4 is 17.5 Å². The molecule has 1 aromatic carbocycles. The van der Waals surface area contributed by atoms with Crippen LogP contribution in [0.2, 0.25) is 0 Å². The molecule has 6 nitrogen and oxygen atoms in total. The highest BCUT2D eigenvalue weighted by atomic mass is 32.2. The van der Waals surface area contributed by atoms with Gasteiger partial charge in [0.2, 0.25) is 0 Å². The number of benzene rings is 1. The quantitative estimate of drug-likeness (QED) is 0.500. The van der Waals surface area contributed by atoms with Crippen LogP contribution >= 0.6 is 11.8 Å². The number of nitrogens with zero attached hydrogens (tertiary/aromatic N) is 4. The van der Waals surface area contributed by atoms with Gasteiger partial charge >= 0.3 is 0 Å². The van der Waals surface area contributed by atoms with Crippen LogP contribution < -0.4 is 4.74 Å². The Labute approximate surface area is 150 Å². The second kappa shape index (κ2) is 7.48. The first-order valence-corrected chi connectivity index (χ1v) is 8.63. The summed E-state index contributed by atoms with van der Waals surface area (Å²) < 4.78 is 7.01. The molecule has 0 aliphatic carbocycles. The van der Waals surface area contributed by atoms with Crippen LogP contribution in [0.1, 0.15) is 17.3 Å². The van der Waals surface area contributed by atoms with E-state index in [-0.39, 0.29) is 11.0 Å². The summed E-state index contributed by atoms with van der Waals surface area (Å²) in [6.07, 6.45) is 3.43. The summed E-state index contributed by atoms with van der Waals surface area (Å²) in [7, 11) is 3.49. The smallest absolute Gasteiger partial charge is 0.191 e. The molecule has 0 bridgehead atoms. The molecule has 3 rings (SSSR count). The highest BCUT2D eigenvalue weighted by Gasteiger charge is 2.20. The summed E-state index contributed by atoms with van der Waals surface area (Å²) in [5.41, 5.74) is 1.59. The van der Waals surface area contributed by atoms with Crippen molar-refractivity contribution in [3.63, 3.8) is 0 Å². The molecule has 0 saturated heterocycles. The fraction of sp³-hybridized carbons (Fsp3) is 0.222. The van der Waals surface area contributed by atoms with E-state index >= 15 is 0 Å². The van der Waals surface area contributed by atoms with Crippen LogP contribution in [0.15, 0.2) is 53.9 Å². The standard InChI is InChI=1S/C18H18N4O2S/c1-12(16(23)13-4-6-15(24-3)7-5-13)25-18-21-20-17(22(18)2)14-8-10-19-11-9-14/h4-12H,1-3H3. The normalized spacial score (nSPS) is 12.0. The third-order valence-electron chi connectivity index (χ3n) is 3.80. The zero-order valence-electron chi connectivity index (χ0n) is 14.2. The van der Waals surface area contributed by atoms with E-state index in [0.29, 0.717) is 10.7 Å². The van der Waals surface area contributed by atoms with Crippen LogP contribution in [0.3, 0.4) is 0 Å². The third-order valence-corrected chi connectivity index (χ3v) is 4.93. The van der Waals surface area contributed by atoms with Gasteiger partial charge in [0.25, 0.3) is 0 Å². The average Bonchev–Trinajstić information content (AvgIpc) is 3.02. The first-order valence-electron chi connectivity index (χ1n) is 7.75. The van der Waals surface area contributed by atoms with Crippen molar-refractivity contribution in [1.82, 2.24) is 19.7 Å². The largest absolute Gasteiger partial charge is 0.497 e. The fourth-order valence-electron chi connectivity index (χ4n) is 2.37. The SMILES string of the molecule is COc1ccc(C(=O)C(C)Sc2nnc(-c3ccncc3)n2C)cc1. The molecule has 0 aliphatic heterocycles. The second-order valence-corrected chi connectivity index (χ2v) is 6.76. The van der Waals surface area contributed by atoms with Crippen LogP contribution in [0.5, 0.6) is 5.75 Å². The zero-order valence-corrected chi connectivity index (χ0v) is 15.0. The number of methoxy groups -OCH3 is 1. The van der Waals surface area contributed by atoms with Gasteiger partial charge in [-0.25, -0.2) is 0 Å². The number of thioether (sulfide) groups is 1. The Morgan fingerprint density at radius 1 is 1.12 bits per heavy atom. The van der Waals surface area contributed by atoms with Crippen molar-refractivity contribution in [2.24, 2.45) is 7.05 Å². The first-order chi connectivity index (χ1) is 12.1. The van der Waals surface area contributed by atoms with Gasteiger partial charge in [-0.15, -0.1) is 10.2 Å². The number of pyridine rings is 1. The molecule has 0 spiro atoms. The van der Waals surface area contributed by atoms with Gasteiger partial charge in [0.05, 0.1) is 12.4 Å². The Bertz CT molecular complexity index is 863. The van der Waals surface area contributed by atoms with Gasteiger partial charge in [0, 0.05) is 30.6 Å². The minimum atomic E-state index is -0.276. The van der Waals surface area contributed by atoms with Crippen LogP contribution in [0.4, 0.5) is 0 Å². The van der Waals surface area contributed by atoms with E-state index in [1.165, 1.54) is 11.8 Å². The van der Waals surface area contributed by atoms with Crippen molar-refractivity contribution in [2.45, 2.75) is 17.3 Å². The third kappa shape index (κ3) is 3.71. The van der Waals surface area contributed by atoms with E-state index in [0.717, 1.165) is 17.1 Å². The van der Waals surface area contributed by atoms with E-state index in [1.807, 2.05) is 30.7 Å². The van der Waals surface area contributed by atoms with E-state index in [9.17, 15) is 4.79 Å². The minimum Gasteiger partial charge on any atom is -0.497 e. The molecule has 0 fully saturated rings. The molecule has 2 aromatic heterocycles. The van der Waals surface area contributed by atoms with Crippen LogP contribution in [0.25, 0.3) is 11.4 Å². The maximum absolute atomic E-state index is 12.6. The Kier molecular flexibility index (Phi) is 5.14. The number of hydrogen-bond donors (Lipinski definition) is 0. The molecule has 7 heteroatoms. The molecule has 0 N–H and O–H groups in total. The fourth-order valence-corrected chi connectivity index (χ4v) is 3.26. The first kappa shape index (κ1) is 17.2. The predicted molar refractivity (Wildman–Crippen MR) is 96.9 cm³/mol. The van der Waals surface area contributed by atoms with Crippen molar-refractivity contribution in [3.8, 4) is 17.1 Å². The Morgan fingerprint density at radius 3 is 2.44 bits per heavy atom. The number of rotatable bonds is 6. The molecule has 0 saturated carbocycles. The molecule has 1 unspecified atom stereocenters. The summed E-state index contributed by atoms with van der Waals surface area (Å²) in [5, 5.41) is 8.87. The van der Waals surface area contributed by atoms with Gasteiger partial charge in [-0.3, -0.25) is 9.78 Å². The lowest BCUT2D eigenvalue weighted by Gasteiger charge is -2.10. The number of ketones is 1. The predicted octanol–water partition coefficient (Wildman–Crippen LogP) is 3.25. The maximum atomic E-state index is 12.6. The lowest BCUT2D eigenvalue weighted by atomic mass is 10.1. The number of aromatic nitrogens is 4. The number of carbonyl (C=O) groups is 1. The number of ether oxygens (including phenoxy) is 1.